The molecule has 1 aromatic carbocycles. The Morgan fingerprint density at radius 3 is 2.79 bits per heavy atom. The van der Waals surface area contributed by atoms with Crippen molar-refractivity contribution < 1.29 is 19.1 Å². The molecule has 0 unspecified atom stereocenters. The zero-order valence-corrected chi connectivity index (χ0v) is 19.8. The SMILES string of the molecule is COc1cccc(CNC(=O)c2nc3scc(COCC4CCC(C(N)=O)CC4)c3c(=O)[nH]2)c1. The minimum Gasteiger partial charge on any atom is -0.497 e. The molecule has 1 aliphatic rings. The number of thiophene rings is 1. The summed E-state index contributed by atoms with van der Waals surface area (Å²) in [6, 6.07) is 7.37. The second kappa shape index (κ2) is 10.8. The van der Waals surface area contributed by atoms with Gasteiger partial charge in [-0.3, -0.25) is 14.4 Å². The molecule has 2 amide bonds. The quantitative estimate of drug-likeness (QED) is 0.427. The maximum atomic E-state index is 12.7. The lowest BCUT2D eigenvalue weighted by Crippen LogP contribution is -2.28. The molecule has 1 fully saturated rings. The predicted octanol–water partition coefficient (Wildman–Crippen LogP) is 2.73. The molecule has 4 rings (SSSR count). The van der Waals surface area contributed by atoms with Gasteiger partial charge in [0.15, 0.2) is 0 Å². The number of carbonyl (C=O) groups excluding carboxylic acids is 2. The second-order valence-corrected chi connectivity index (χ2v) is 9.38. The van der Waals surface area contributed by atoms with Crippen molar-refractivity contribution in [1.29, 1.82) is 0 Å². The Balaban J connectivity index is 1.35. The average molecular weight is 485 g/mol. The Morgan fingerprint density at radius 2 is 2.06 bits per heavy atom. The summed E-state index contributed by atoms with van der Waals surface area (Å²) >= 11 is 1.31. The van der Waals surface area contributed by atoms with Crippen molar-refractivity contribution in [1.82, 2.24) is 15.3 Å². The number of rotatable bonds is 9. The number of nitrogens with zero attached hydrogens (tertiary/aromatic N) is 1. The molecule has 0 atom stereocenters. The molecule has 9 nitrogen and oxygen atoms in total. The van der Waals surface area contributed by atoms with Crippen LogP contribution >= 0.6 is 11.3 Å². The van der Waals surface area contributed by atoms with Gasteiger partial charge in [-0.1, -0.05) is 12.1 Å². The van der Waals surface area contributed by atoms with E-state index in [-0.39, 0.29) is 29.8 Å². The highest BCUT2D eigenvalue weighted by atomic mass is 32.1. The highest BCUT2D eigenvalue weighted by molar-refractivity contribution is 7.16. The number of H-pyrrole nitrogens is 1. The zero-order valence-electron chi connectivity index (χ0n) is 19.0. The van der Waals surface area contributed by atoms with Gasteiger partial charge in [-0.15, -0.1) is 11.3 Å². The molecule has 0 saturated heterocycles. The molecule has 0 radical (unpaired) electrons. The smallest absolute Gasteiger partial charge is 0.287 e. The normalized spacial score (nSPS) is 18.0. The fourth-order valence-corrected chi connectivity index (χ4v) is 5.14. The molecule has 2 aromatic heterocycles. The summed E-state index contributed by atoms with van der Waals surface area (Å²) in [4.78, 5) is 44.0. The average Bonchev–Trinajstić information content (AvgIpc) is 3.26. The number of aromatic nitrogens is 2. The highest BCUT2D eigenvalue weighted by Gasteiger charge is 2.25. The van der Waals surface area contributed by atoms with Gasteiger partial charge in [-0.05, 0) is 54.7 Å². The standard InChI is InChI=1S/C24H28N4O5S/c1-32-18-4-2-3-15(9-18)10-26-23(31)21-27-22(30)19-17(13-34-24(19)28-21)12-33-11-14-5-7-16(8-6-14)20(25)29/h2-4,9,13-14,16H,5-8,10-12H2,1H3,(H2,25,29)(H,26,31)(H,27,28,30). The number of methoxy groups -OCH3 is 1. The van der Waals surface area contributed by atoms with Gasteiger partial charge in [0.1, 0.15) is 10.6 Å². The van der Waals surface area contributed by atoms with Crippen molar-refractivity contribution in [3.63, 3.8) is 0 Å². The van der Waals surface area contributed by atoms with Crippen LogP contribution in [0.4, 0.5) is 0 Å². The first-order valence-electron chi connectivity index (χ1n) is 11.2. The van der Waals surface area contributed by atoms with Gasteiger partial charge in [0, 0.05) is 24.6 Å². The molecule has 1 saturated carbocycles. The first-order chi connectivity index (χ1) is 16.4. The lowest BCUT2D eigenvalue weighted by Gasteiger charge is -2.26. The number of nitrogens with two attached hydrogens (primary N) is 1. The van der Waals surface area contributed by atoms with Crippen molar-refractivity contribution in [2.24, 2.45) is 17.6 Å². The van der Waals surface area contributed by atoms with Crippen LogP contribution in [0.25, 0.3) is 10.2 Å². The minimum atomic E-state index is -0.459. The fourth-order valence-electron chi connectivity index (χ4n) is 4.22. The van der Waals surface area contributed by atoms with Crippen LogP contribution in [-0.4, -0.2) is 35.5 Å². The Labute approximate surface area is 200 Å². The maximum absolute atomic E-state index is 12.7. The summed E-state index contributed by atoms with van der Waals surface area (Å²) in [7, 11) is 1.58. The van der Waals surface area contributed by atoms with Gasteiger partial charge in [0.2, 0.25) is 11.7 Å². The molecule has 1 aliphatic carbocycles. The molecule has 0 bridgehead atoms. The summed E-state index contributed by atoms with van der Waals surface area (Å²) in [6.07, 6.45) is 3.43. The van der Waals surface area contributed by atoms with Crippen LogP contribution in [0.5, 0.6) is 5.75 Å². The van der Waals surface area contributed by atoms with Crippen molar-refractivity contribution in [3.8, 4) is 5.75 Å². The van der Waals surface area contributed by atoms with Gasteiger partial charge in [-0.2, -0.15) is 0 Å². The number of nitrogens with one attached hydrogen (secondary N) is 2. The van der Waals surface area contributed by atoms with Gasteiger partial charge in [-0.25, -0.2) is 4.98 Å². The summed E-state index contributed by atoms with van der Waals surface area (Å²) in [6.45, 7) is 1.14. The molecular weight excluding hydrogens is 456 g/mol. The Morgan fingerprint density at radius 1 is 1.26 bits per heavy atom. The van der Waals surface area contributed by atoms with E-state index in [1.165, 1.54) is 11.3 Å². The third kappa shape index (κ3) is 5.63. The van der Waals surface area contributed by atoms with E-state index in [0.717, 1.165) is 36.8 Å². The summed E-state index contributed by atoms with van der Waals surface area (Å²) < 4.78 is 11.1. The molecule has 34 heavy (non-hydrogen) atoms. The minimum absolute atomic E-state index is 0.0244. The fraction of sp³-hybridized carbons (Fsp3) is 0.417. The third-order valence-electron chi connectivity index (χ3n) is 6.18. The molecule has 10 heteroatoms. The van der Waals surface area contributed by atoms with Crippen LogP contribution in [0, 0.1) is 11.8 Å². The molecule has 4 N–H and O–H groups in total. The Kier molecular flexibility index (Phi) is 7.59. The first kappa shape index (κ1) is 23.9. The predicted molar refractivity (Wildman–Crippen MR) is 129 cm³/mol. The van der Waals surface area contributed by atoms with Crippen LogP contribution in [-0.2, 0) is 22.7 Å². The number of aromatic amines is 1. The van der Waals surface area contributed by atoms with E-state index in [1.807, 2.05) is 29.6 Å². The monoisotopic (exact) mass is 484 g/mol. The van der Waals surface area contributed by atoms with Crippen LogP contribution in [0.3, 0.4) is 0 Å². The van der Waals surface area contributed by atoms with Gasteiger partial charge in [0.25, 0.3) is 11.5 Å². The summed E-state index contributed by atoms with van der Waals surface area (Å²) in [5, 5.41) is 5.06. The summed E-state index contributed by atoms with van der Waals surface area (Å²) in [5.74, 6) is 0.358. The van der Waals surface area contributed by atoms with Crippen LogP contribution in [0.1, 0.15) is 47.4 Å². The number of hydrogen-bond acceptors (Lipinski definition) is 7. The molecule has 0 spiro atoms. The van der Waals surface area contributed by atoms with E-state index in [0.29, 0.717) is 35.1 Å². The molecule has 0 aliphatic heterocycles. The molecule has 3 aromatic rings. The maximum Gasteiger partial charge on any atom is 0.287 e. The number of fused-ring (bicyclic) bond motifs is 1. The van der Waals surface area contributed by atoms with Crippen molar-refractivity contribution in [2.45, 2.75) is 38.8 Å². The number of hydrogen-bond donors (Lipinski definition) is 3. The van der Waals surface area contributed by atoms with E-state index >= 15 is 0 Å². The van der Waals surface area contributed by atoms with Gasteiger partial charge in [0.05, 0.1) is 19.1 Å². The van der Waals surface area contributed by atoms with Crippen LogP contribution in [0.2, 0.25) is 0 Å². The Bertz CT molecular complexity index is 1230. The summed E-state index contributed by atoms with van der Waals surface area (Å²) in [5.41, 5.74) is 6.65. The highest BCUT2D eigenvalue weighted by Crippen LogP contribution is 2.29. The first-order valence-corrected chi connectivity index (χ1v) is 12.1. The van der Waals surface area contributed by atoms with Gasteiger partial charge >= 0.3 is 0 Å². The van der Waals surface area contributed by atoms with Crippen LogP contribution in [0.15, 0.2) is 34.4 Å². The lowest BCUT2D eigenvalue weighted by molar-refractivity contribution is -0.123. The van der Waals surface area contributed by atoms with Crippen LogP contribution < -0.4 is 21.3 Å². The number of carbonyl (C=O) groups is 2. The third-order valence-corrected chi connectivity index (χ3v) is 7.10. The van der Waals surface area contributed by atoms with E-state index < -0.39 is 5.91 Å². The number of benzene rings is 1. The van der Waals surface area contributed by atoms with E-state index in [9.17, 15) is 14.4 Å². The Hall–Kier alpha value is -3.24. The molecule has 180 valence electrons. The second-order valence-electron chi connectivity index (χ2n) is 8.52. The topological polar surface area (TPSA) is 136 Å². The lowest BCUT2D eigenvalue weighted by atomic mass is 9.82. The number of primary amides is 1. The largest absolute Gasteiger partial charge is 0.497 e. The van der Waals surface area contributed by atoms with E-state index in [2.05, 4.69) is 15.3 Å². The number of ether oxygens (including phenoxy) is 2. The van der Waals surface area contributed by atoms with E-state index in [4.69, 9.17) is 15.2 Å². The number of amides is 2. The zero-order chi connectivity index (χ0) is 24.1. The van der Waals surface area contributed by atoms with Gasteiger partial charge < -0.3 is 25.5 Å². The van der Waals surface area contributed by atoms with Crippen molar-refractivity contribution in [3.05, 3.63) is 57.0 Å². The molecule has 2 heterocycles. The van der Waals surface area contributed by atoms with E-state index in [1.54, 1.807) is 7.11 Å². The van der Waals surface area contributed by atoms with Crippen molar-refractivity contribution >= 4 is 33.4 Å². The molecular formula is C24H28N4O5S. The van der Waals surface area contributed by atoms with Crippen molar-refractivity contribution in [2.75, 3.05) is 13.7 Å².